The van der Waals surface area contributed by atoms with E-state index in [1.807, 2.05) is 48.8 Å². The number of aliphatic carboxylic acids is 1. The number of carboxylic acids is 1. The Morgan fingerprint density at radius 2 is 1.65 bits per heavy atom. The predicted octanol–water partition coefficient (Wildman–Crippen LogP) is 7.37. The van der Waals surface area contributed by atoms with Crippen molar-refractivity contribution in [1.29, 1.82) is 0 Å². The minimum atomic E-state index is -0.902. The Kier molecular flexibility index (Phi) is 9.76. The zero-order valence-corrected chi connectivity index (χ0v) is 28.6. The van der Waals surface area contributed by atoms with E-state index in [9.17, 15) is 19.5 Å². The van der Waals surface area contributed by atoms with Crippen molar-refractivity contribution in [3.63, 3.8) is 0 Å². The van der Waals surface area contributed by atoms with Gasteiger partial charge in [0.2, 0.25) is 5.91 Å². The summed E-state index contributed by atoms with van der Waals surface area (Å²) < 4.78 is 0. The van der Waals surface area contributed by atoms with Gasteiger partial charge in [0.1, 0.15) is 6.04 Å². The lowest BCUT2D eigenvalue weighted by atomic mass is 9.71. The van der Waals surface area contributed by atoms with Gasteiger partial charge in [0.25, 0.3) is 5.91 Å². The molecule has 7 rings (SSSR count). The van der Waals surface area contributed by atoms with Crippen LogP contribution in [0.4, 0.5) is 0 Å². The highest BCUT2D eigenvalue weighted by atomic mass is 32.1. The van der Waals surface area contributed by atoms with Crippen LogP contribution in [-0.2, 0) is 16.0 Å². The maximum atomic E-state index is 13.5. The molecule has 0 spiro atoms. The summed E-state index contributed by atoms with van der Waals surface area (Å²) in [6.07, 6.45) is 19.4. The van der Waals surface area contributed by atoms with Crippen LogP contribution in [-0.4, -0.2) is 56.9 Å². The van der Waals surface area contributed by atoms with E-state index >= 15 is 0 Å². The molecule has 252 valence electrons. The third-order valence-electron chi connectivity index (χ3n) is 11.2. The van der Waals surface area contributed by atoms with E-state index in [0.29, 0.717) is 23.0 Å². The third-order valence-corrected chi connectivity index (χ3v) is 12.5. The number of benzene rings is 1. The first-order valence-electron chi connectivity index (χ1n) is 17.9. The lowest BCUT2D eigenvalue weighted by Gasteiger charge is -2.38. The van der Waals surface area contributed by atoms with Crippen molar-refractivity contribution >= 4 is 34.7 Å². The van der Waals surface area contributed by atoms with Gasteiger partial charge in [0, 0.05) is 47.9 Å². The number of nitrogens with zero attached hydrogens (tertiary/aromatic N) is 3. The largest absolute Gasteiger partial charge is 0.481 e. The van der Waals surface area contributed by atoms with Crippen LogP contribution >= 0.6 is 11.3 Å². The second kappa shape index (κ2) is 14.3. The molecule has 8 nitrogen and oxygen atoms in total. The second-order valence-corrected chi connectivity index (χ2v) is 15.5. The van der Waals surface area contributed by atoms with Crippen molar-refractivity contribution < 1.29 is 19.5 Å². The van der Waals surface area contributed by atoms with E-state index in [-0.39, 0.29) is 24.9 Å². The average molecular weight is 667 g/mol. The molecule has 3 aliphatic carbocycles. The van der Waals surface area contributed by atoms with Crippen molar-refractivity contribution in [3.05, 3.63) is 75.7 Å². The molecule has 2 N–H and O–H groups in total. The van der Waals surface area contributed by atoms with Gasteiger partial charge >= 0.3 is 5.97 Å². The molecule has 2 amide bonds. The first-order valence-corrected chi connectivity index (χ1v) is 18.7. The first kappa shape index (κ1) is 32.7. The van der Waals surface area contributed by atoms with Crippen LogP contribution in [0, 0.1) is 23.7 Å². The second-order valence-electron chi connectivity index (χ2n) is 14.4. The summed E-state index contributed by atoms with van der Waals surface area (Å²) in [5.74, 6) is 1.87. The Morgan fingerprint density at radius 3 is 2.27 bits per heavy atom. The van der Waals surface area contributed by atoms with Gasteiger partial charge in [-0.15, -0.1) is 11.3 Å². The van der Waals surface area contributed by atoms with Gasteiger partial charge in [-0.25, -0.2) is 9.97 Å². The molecule has 9 heteroatoms. The van der Waals surface area contributed by atoms with Crippen molar-refractivity contribution in [1.82, 2.24) is 20.2 Å². The molecule has 3 fully saturated rings. The van der Waals surface area contributed by atoms with Gasteiger partial charge in [-0.1, -0.05) is 56.5 Å². The molecule has 1 unspecified atom stereocenters. The molecule has 0 bridgehead atoms. The molecule has 2 atom stereocenters. The summed E-state index contributed by atoms with van der Waals surface area (Å²) in [7, 11) is 0. The molecular formula is C39H46N4O4S. The fourth-order valence-corrected chi connectivity index (χ4v) is 8.89. The van der Waals surface area contributed by atoms with Crippen molar-refractivity contribution in [3.8, 4) is 11.4 Å². The van der Waals surface area contributed by atoms with Crippen molar-refractivity contribution in [2.24, 2.45) is 23.7 Å². The molecule has 0 radical (unpaired) electrons. The monoisotopic (exact) mass is 666 g/mol. The van der Waals surface area contributed by atoms with E-state index < -0.39 is 17.9 Å². The Morgan fingerprint density at radius 1 is 0.917 bits per heavy atom. The number of allylic oxidation sites excluding steroid dienone is 2. The van der Waals surface area contributed by atoms with Gasteiger partial charge in [-0.2, -0.15) is 0 Å². The highest BCUT2D eigenvalue weighted by molar-refractivity contribution is 7.14. The fourth-order valence-electron chi connectivity index (χ4n) is 7.81. The van der Waals surface area contributed by atoms with Gasteiger partial charge in [-0.3, -0.25) is 14.4 Å². The molecule has 1 saturated heterocycles. The predicted molar refractivity (Wildman–Crippen MR) is 187 cm³/mol. The smallest absolute Gasteiger partial charge is 0.310 e. The highest BCUT2D eigenvalue weighted by Crippen LogP contribution is 2.43. The molecule has 2 saturated carbocycles. The van der Waals surface area contributed by atoms with Crippen LogP contribution in [0.1, 0.15) is 103 Å². The summed E-state index contributed by atoms with van der Waals surface area (Å²) in [5.41, 5.74) is 4.23. The number of nitrogens with one attached hydrogen (secondary N) is 1. The number of hydrogen-bond donors (Lipinski definition) is 2. The maximum Gasteiger partial charge on any atom is 0.310 e. The van der Waals surface area contributed by atoms with Crippen molar-refractivity contribution in [2.45, 2.75) is 89.5 Å². The molecule has 4 aliphatic rings. The van der Waals surface area contributed by atoms with Crippen LogP contribution < -0.4 is 5.32 Å². The van der Waals surface area contributed by atoms with E-state index in [1.54, 1.807) is 0 Å². The number of carbonyl (C=O) groups excluding carboxylic acids is 2. The Bertz CT molecular complexity index is 1650. The lowest BCUT2D eigenvalue weighted by Crippen LogP contribution is -2.59. The first-order chi connectivity index (χ1) is 23.3. The standard InChI is InChI=1S/C39H46N4O4S/c1-2-24-3-7-26(8-4-24)27-11-13-28(14-12-27)31-20-40-36(41-21-31)30-9-5-25(6-10-30)19-33(38(45)43-22-32(23-43)39(46)47)42-37(44)35-18-17-34(48-35)29-15-16-29/h5-6,9-10,13,17-18,20-21,24,26-27,29,32-33H,2-4,7-8,11-12,14-16,19,22-23H2,1H3,(H,42,44)(H,46,47)/t24-,26-,27?,33-/m0/s1. The zero-order valence-electron chi connectivity index (χ0n) is 27.8. The molecule has 3 heterocycles. The number of hydrogen-bond acceptors (Lipinski definition) is 6. The quantitative estimate of drug-likeness (QED) is 0.221. The average Bonchev–Trinajstić information content (AvgIpc) is 3.83. The topological polar surface area (TPSA) is 112 Å². The van der Waals surface area contributed by atoms with Crippen LogP contribution in [0.2, 0.25) is 0 Å². The minimum absolute atomic E-state index is 0.162. The van der Waals surface area contributed by atoms with Crippen LogP contribution in [0.3, 0.4) is 0 Å². The van der Waals surface area contributed by atoms with E-state index in [1.165, 1.54) is 65.2 Å². The van der Waals surface area contributed by atoms with E-state index in [0.717, 1.165) is 60.1 Å². The number of carbonyl (C=O) groups is 3. The summed E-state index contributed by atoms with van der Waals surface area (Å²) in [4.78, 5) is 50.8. The van der Waals surface area contributed by atoms with Crippen molar-refractivity contribution in [2.75, 3.05) is 13.1 Å². The third kappa shape index (κ3) is 7.41. The van der Waals surface area contributed by atoms with Crippen LogP contribution in [0.5, 0.6) is 0 Å². The minimum Gasteiger partial charge on any atom is -0.481 e. The highest BCUT2D eigenvalue weighted by Gasteiger charge is 2.39. The zero-order chi connectivity index (χ0) is 33.2. The Balaban J connectivity index is 0.980. The molecular weight excluding hydrogens is 621 g/mol. The molecule has 1 aromatic carbocycles. The fraction of sp³-hybridized carbons (Fsp3) is 0.513. The Labute approximate surface area is 287 Å². The van der Waals surface area contributed by atoms with E-state index in [4.69, 9.17) is 9.97 Å². The Hall–Kier alpha value is -3.85. The van der Waals surface area contributed by atoms with Gasteiger partial charge in [0.05, 0.1) is 10.8 Å². The molecule has 3 aromatic rings. The maximum absolute atomic E-state index is 13.5. The summed E-state index contributed by atoms with van der Waals surface area (Å²) in [6, 6.07) is 10.9. The van der Waals surface area contributed by atoms with Crippen LogP contribution in [0.15, 0.2) is 54.9 Å². The molecule has 2 aromatic heterocycles. The normalized spacial score (nSPS) is 23.6. The number of rotatable bonds is 11. The number of thiophene rings is 1. The number of amides is 2. The SMILES string of the molecule is CC[C@H]1CC[C@H](C2CC=C(c3cnc(-c4ccc(C[C@H](NC(=O)c5ccc(C6CC6)s5)C(=O)N5CC(C(=O)O)C5)cc4)nc3)CC2)CC1. The summed E-state index contributed by atoms with van der Waals surface area (Å²) in [6.45, 7) is 2.66. The number of carboxylic acid groups (broad SMARTS) is 1. The molecule has 48 heavy (non-hydrogen) atoms. The van der Waals surface area contributed by atoms with Crippen LogP contribution in [0.25, 0.3) is 17.0 Å². The lowest BCUT2D eigenvalue weighted by molar-refractivity contribution is -0.153. The summed E-state index contributed by atoms with van der Waals surface area (Å²) in [5, 5.41) is 12.3. The number of likely N-dealkylation sites (tertiary alicyclic amines) is 1. The van der Waals surface area contributed by atoms with Gasteiger partial charge < -0.3 is 15.3 Å². The van der Waals surface area contributed by atoms with Gasteiger partial charge in [0.15, 0.2) is 5.82 Å². The number of aromatic nitrogens is 2. The van der Waals surface area contributed by atoms with Gasteiger partial charge in [-0.05, 0) is 91.9 Å². The summed E-state index contributed by atoms with van der Waals surface area (Å²) >= 11 is 1.49. The van der Waals surface area contributed by atoms with E-state index in [2.05, 4.69) is 18.3 Å². The molecule has 1 aliphatic heterocycles.